The monoisotopic (exact) mass is 251 g/mol. The number of aliphatic carboxylic acids is 1. The quantitative estimate of drug-likeness (QED) is 0.874. The van der Waals surface area contributed by atoms with Crippen molar-refractivity contribution in [2.24, 2.45) is 0 Å². The average Bonchev–Trinajstić information content (AvgIpc) is 2.97. The molecule has 0 aliphatic carbocycles. The van der Waals surface area contributed by atoms with Gasteiger partial charge in [-0.15, -0.1) is 0 Å². The van der Waals surface area contributed by atoms with Crippen molar-refractivity contribution in [1.82, 2.24) is 14.7 Å². The van der Waals surface area contributed by atoms with Gasteiger partial charge in [0, 0.05) is 18.8 Å². The van der Waals surface area contributed by atoms with E-state index in [1.54, 1.807) is 16.9 Å². The van der Waals surface area contributed by atoms with Crippen LogP contribution in [0.3, 0.4) is 0 Å². The molecule has 1 saturated heterocycles. The number of likely N-dealkylation sites (tertiary alicyclic amines) is 1. The van der Waals surface area contributed by atoms with E-state index < -0.39 is 12.0 Å². The van der Waals surface area contributed by atoms with Crippen LogP contribution < -0.4 is 0 Å². The first-order chi connectivity index (χ1) is 8.50. The van der Waals surface area contributed by atoms with E-state index in [0.717, 1.165) is 6.42 Å². The number of nitrogens with zero attached hydrogens (tertiary/aromatic N) is 3. The Balaban J connectivity index is 2.17. The minimum atomic E-state index is -0.941. The molecular weight excluding hydrogens is 234 g/mol. The molecule has 6 heteroatoms. The SMILES string of the molecule is CC(C)n1ccc(C(=O)N2CCC[C@H]2C(=O)O)n1. The van der Waals surface area contributed by atoms with Gasteiger partial charge in [0.2, 0.25) is 0 Å². The maximum absolute atomic E-state index is 12.2. The summed E-state index contributed by atoms with van der Waals surface area (Å²) in [4.78, 5) is 24.6. The van der Waals surface area contributed by atoms with Crippen molar-refractivity contribution in [3.05, 3.63) is 18.0 Å². The normalized spacial score (nSPS) is 19.5. The van der Waals surface area contributed by atoms with Crippen LogP contribution in [0, 0.1) is 0 Å². The van der Waals surface area contributed by atoms with Crippen LogP contribution in [0.25, 0.3) is 0 Å². The van der Waals surface area contributed by atoms with Gasteiger partial charge in [0.25, 0.3) is 5.91 Å². The molecule has 2 rings (SSSR count). The van der Waals surface area contributed by atoms with Crippen molar-refractivity contribution in [3.8, 4) is 0 Å². The predicted octanol–water partition coefficient (Wildman–Crippen LogP) is 1.15. The van der Waals surface area contributed by atoms with Crippen LogP contribution in [0.15, 0.2) is 12.3 Å². The first-order valence-corrected chi connectivity index (χ1v) is 6.09. The molecule has 1 amide bonds. The van der Waals surface area contributed by atoms with E-state index in [0.29, 0.717) is 18.7 Å². The van der Waals surface area contributed by atoms with Gasteiger partial charge in [-0.3, -0.25) is 9.48 Å². The lowest BCUT2D eigenvalue weighted by Gasteiger charge is -2.20. The zero-order valence-electron chi connectivity index (χ0n) is 10.5. The molecule has 1 fully saturated rings. The highest BCUT2D eigenvalue weighted by Gasteiger charge is 2.35. The molecule has 0 unspecified atom stereocenters. The summed E-state index contributed by atoms with van der Waals surface area (Å²) in [5.74, 6) is -1.23. The number of carboxylic acids is 1. The number of carboxylic acid groups (broad SMARTS) is 1. The fraction of sp³-hybridized carbons (Fsp3) is 0.583. The fourth-order valence-electron chi connectivity index (χ4n) is 2.15. The second-order valence-electron chi connectivity index (χ2n) is 4.77. The van der Waals surface area contributed by atoms with Crippen molar-refractivity contribution in [1.29, 1.82) is 0 Å². The number of rotatable bonds is 3. The topological polar surface area (TPSA) is 75.4 Å². The number of hydrogen-bond acceptors (Lipinski definition) is 3. The molecule has 1 aliphatic heterocycles. The van der Waals surface area contributed by atoms with E-state index in [2.05, 4.69) is 5.10 Å². The molecule has 6 nitrogen and oxygen atoms in total. The van der Waals surface area contributed by atoms with Crippen LogP contribution in [0.1, 0.15) is 43.2 Å². The number of carbonyl (C=O) groups is 2. The maximum atomic E-state index is 12.2. The first-order valence-electron chi connectivity index (χ1n) is 6.09. The molecule has 98 valence electrons. The largest absolute Gasteiger partial charge is 0.480 e. The lowest BCUT2D eigenvalue weighted by molar-refractivity contribution is -0.141. The second-order valence-corrected chi connectivity index (χ2v) is 4.77. The van der Waals surface area contributed by atoms with Gasteiger partial charge < -0.3 is 10.0 Å². The summed E-state index contributed by atoms with van der Waals surface area (Å²) in [6, 6.07) is 1.11. The number of hydrogen-bond donors (Lipinski definition) is 1. The summed E-state index contributed by atoms with van der Waals surface area (Å²) in [7, 11) is 0. The van der Waals surface area contributed by atoms with Crippen LogP contribution in [0.5, 0.6) is 0 Å². The predicted molar refractivity (Wildman–Crippen MR) is 64.3 cm³/mol. The van der Waals surface area contributed by atoms with Gasteiger partial charge in [0.15, 0.2) is 0 Å². The third-order valence-corrected chi connectivity index (χ3v) is 3.16. The molecule has 0 bridgehead atoms. The molecule has 0 saturated carbocycles. The molecular formula is C12H17N3O3. The van der Waals surface area contributed by atoms with Crippen LogP contribution >= 0.6 is 0 Å². The van der Waals surface area contributed by atoms with E-state index in [1.165, 1.54) is 4.90 Å². The van der Waals surface area contributed by atoms with Gasteiger partial charge >= 0.3 is 5.97 Å². The van der Waals surface area contributed by atoms with Crippen LogP contribution in [0.4, 0.5) is 0 Å². The van der Waals surface area contributed by atoms with Gasteiger partial charge in [-0.05, 0) is 32.8 Å². The third-order valence-electron chi connectivity index (χ3n) is 3.16. The van der Waals surface area contributed by atoms with E-state index in [9.17, 15) is 9.59 Å². The molecule has 0 spiro atoms. The van der Waals surface area contributed by atoms with Gasteiger partial charge in [0.05, 0.1) is 0 Å². The van der Waals surface area contributed by atoms with Gasteiger partial charge in [-0.2, -0.15) is 5.10 Å². The highest BCUT2D eigenvalue weighted by molar-refractivity contribution is 5.95. The van der Waals surface area contributed by atoms with E-state index >= 15 is 0 Å². The number of aromatic nitrogens is 2. The van der Waals surface area contributed by atoms with Crippen molar-refractivity contribution in [2.75, 3.05) is 6.54 Å². The highest BCUT2D eigenvalue weighted by Crippen LogP contribution is 2.20. The molecule has 0 radical (unpaired) electrons. The standard InChI is InChI=1S/C12H17N3O3/c1-8(2)15-7-5-9(13-15)11(16)14-6-3-4-10(14)12(17)18/h5,7-8,10H,3-4,6H2,1-2H3,(H,17,18)/t10-/m0/s1. The Hall–Kier alpha value is -1.85. The molecule has 0 aromatic carbocycles. The zero-order valence-corrected chi connectivity index (χ0v) is 10.5. The van der Waals surface area contributed by atoms with Crippen LogP contribution in [-0.2, 0) is 4.79 Å². The summed E-state index contributed by atoms with van der Waals surface area (Å²) in [5.41, 5.74) is 0.317. The summed E-state index contributed by atoms with van der Waals surface area (Å²) in [6.45, 7) is 4.43. The Bertz CT molecular complexity index is 467. The molecule has 1 aromatic heterocycles. The third kappa shape index (κ3) is 2.23. The lowest BCUT2D eigenvalue weighted by Crippen LogP contribution is -2.40. The highest BCUT2D eigenvalue weighted by atomic mass is 16.4. The first kappa shape index (κ1) is 12.6. The molecule has 1 atom stereocenters. The second kappa shape index (κ2) is 4.80. The van der Waals surface area contributed by atoms with Crippen LogP contribution in [-0.4, -0.2) is 44.3 Å². The van der Waals surface area contributed by atoms with Crippen molar-refractivity contribution in [3.63, 3.8) is 0 Å². The minimum absolute atomic E-state index is 0.181. The Morgan fingerprint density at radius 3 is 2.78 bits per heavy atom. The Morgan fingerprint density at radius 2 is 2.22 bits per heavy atom. The van der Waals surface area contributed by atoms with Crippen molar-refractivity contribution < 1.29 is 14.7 Å². The summed E-state index contributed by atoms with van der Waals surface area (Å²) in [5, 5.41) is 13.2. The van der Waals surface area contributed by atoms with E-state index in [-0.39, 0.29) is 11.9 Å². The minimum Gasteiger partial charge on any atom is -0.480 e. The molecule has 1 N–H and O–H groups in total. The Morgan fingerprint density at radius 1 is 1.50 bits per heavy atom. The Labute approximate surface area is 105 Å². The van der Waals surface area contributed by atoms with Gasteiger partial charge in [-0.1, -0.05) is 0 Å². The van der Waals surface area contributed by atoms with Gasteiger partial charge in [-0.25, -0.2) is 4.79 Å². The Kier molecular flexibility index (Phi) is 3.36. The molecule has 2 heterocycles. The molecule has 1 aromatic rings. The van der Waals surface area contributed by atoms with E-state index in [4.69, 9.17) is 5.11 Å². The maximum Gasteiger partial charge on any atom is 0.326 e. The summed E-state index contributed by atoms with van der Waals surface area (Å²) in [6.07, 6.45) is 2.99. The summed E-state index contributed by atoms with van der Waals surface area (Å²) >= 11 is 0. The van der Waals surface area contributed by atoms with Gasteiger partial charge in [0.1, 0.15) is 11.7 Å². The lowest BCUT2D eigenvalue weighted by atomic mass is 10.2. The molecule has 1 aliphatic rings. The molecule has 18 heavy (non-hydrogen) atoms. The summed E-state index contributed by atoms with van der Waals surface area (Å²) < 4.78 is 1.69. The van der Waals surface area contributed by atoms with Crippen molar-refractivity contribution >= 4 is 11.9 Å². The smallest absolute Gasteiger partial charge is 0.326 e. The van der Waals surface area contributed by atoms with Crippen molar-refractivity contribution in [2.45, 2.75) is 38.8 Å². The van der Waals surface area contributed by atoms with E-state index in [1.807, 2.05) is 13.8 Å². The number of carbonyl (C=O) groups excluding carboxylic acids is 1. The number of amides is 1. The fourth-order valence-corrected chi connectivity index (χ4v) is 2.15. The average molecular weight is 251 g/mol. The zero-order chi connectivity index (χ0) is 13.3. The van der Waals surface area contributed by atoms with Crippen LogP contribution in [0.2, 0.25) is 0 Å².